The fourth-order valence-electron chi connectivity index (χ4n) is 1.76. The van der Waals surface area contributed by atoms with Gasteiger partial charge in [0.05, 0.1) is 24.3 Å². The van der Waals surface area contributed by atoms with Gasteiger partial charge in [-0.05, 0) is 26.8 Å². The molecule has 8 heteroatoms. The maximum atomic E-state index is 12.0. The van der Waals surface area contributed by atoms with Crippen LogP contribution in [0, 0.1) is 6.92 Å². The molecule has 0 spiro atoms. The van der Waals surface area contributed by atoms with E-state index < -0.39 is 0 Å². The molecule has 2 rings (SSSR count). The van der Waals surface area contributed by atoms with Gasteiger partial charge < -0.3 is 19.2 Å². The molecule has 0 saturated heterocycles. The number of nitrogens with one attached hydrogen (secondary N) is 1. The van der Waals surface area contributed by atoms with Crippen LogP contribution >= 0.6 is 0 Å². The predicted octanol–water partition coefficient (Wildman–Crippen LogP) is 1.90. The molecule has 0 bridgehead atoms. The molecule has 0 atom stereocenters. The van der Waals surface area contributed by atoms with Gasteiger partial charge in [0.25, 0.3) is 5.91 Å². The number of hydrogen-bond acceptors (Lipinski definition) is 7. The molecule has 2 aromatic heterocycles. The highest BCUT2D eigenvalue weighted by Gasteiger charge is 2.11. The lowest BCUT2D eigenvalue weighted by Crippen LogP contribution is -2.23. The van der Waals surface area contributed by atoms with E-state index >= 15 is 0 Å². The van der Waals surface area contributed by atoms with Gasteiger partial charge in [0.15, 0.2) is 0 Å². The van der Waals surface area contributed by atoms with E-state index in [0.717, 1.165) is 0 Å². The lowest BCUT2D eigenvalue weighted by Gasteiger charge is -2.19. The Kier molecular flexibility index (Phi) is 5.86. The standard InChI is InChI=1S/C16H22N4O4/c1-11-19-20-14(24-11)10-18-15(21)12-5-6-13(17-9-12)22-7-8-23-16(2,3)4/h5-6,9H,7-8,10H2,1-4H3,(H,18,21). The molecular formula is C16H22N4O4. The van der Waals surface area contributed by atoms with Crippen LogP contribution in [-0.2, 0) is 11.3 Å². The number of carbonyl (C=O) groups is 1. The monoisotopic (exact) mass is 334 g/mol. The third kappa shape index (κ3) is 5.96. The SMILES string of the molecule is Cc1nnc(CNC(=O)c2ccc(OCCOC(C)(C)C)nc2)o1. The van der Waals surface area contributed by atoms with E-state index in [1.165, 1.54) is 6.20 Å². The third-order valence-electron chi connectivity index (χ3n) is 2.83. The first kappa shape index (κ1) is 17.9. The molecule has 0 fully saturated rings. The molecule has 0 aromatic carbocycles. The molecule has 1 N–H and O–H groups in total. The maximum absolute atomic E-state index is 12.0. The second-order valence-corrected chi connectivity index (χ2v) is 6.09. The average molecular weight is 334 g/mol. The molecule has 0 aliphatic heterocycles. The van der Waals surface area contributed by atoms with Crippen LogP contribution in [0.4, 0.5) is 0 Å². The molecule has 0 radical (unpaired) electrons. The molecule has 2 aromatic rings. The Morgan fingerprint density at radius 2 is 2.04 bits per heavy atom. The summed E-state index contributed by atoms with van der Waals surface area (Å²) >= 11 is 0. The van der Waals surface area contributed by atoms with Crippen molar-refractivity contribution in [3.63, 3.8) is 0 Å². The number of carbonyl (C=O) groups excluding carboxylic acids is 1. The summed E-state index contributed by atoms with van der Waals surface area (Å²) in [6, 6.07) is 3.28. The molecule has 24 heavy (non-hydrogen) atoms. The van der Waals surface area contributed by atoms with Crippen molar-refractivity contribution < 1.29 is 18.7 Å². The zero-order valence-corrected chi connectivity index (χ0v) is 14.3. The quantitative estimate of drug-likeness (QED) is 0.772. The third-order valence-corrected chi connectivity index (χ3v) is 2.83. The molecule has 130 valence electrons. The van der Waals surface area contributed by atoms with Gasteiger partial charge >= 0.3 is 0 Å². The lowest BCUT2D eigenvalue weighted by atomic mass is 10.2. The number of pyridine rings is 1. The van der Waals surface area contributed by atoms with Crippen molar-refractivity contribution in [2.75, 3.05) is 13.2 Å². The smallest absolute Gasteiger partial charge is 0.253 e. The summed E-state index contributed by atoms with van der Waals surface area (Å²) < 4.78 is 16.2. The van der Waals surface area contributed by atoms with Crippen molar-refractivity contribution in [3.8, 4) is 5.88 Å². The molecule has 0 aliphatic rings. The van der Waals surface area contributed by atoms with Gasteiger partial charge in [-0.25, -0.2) is 4.98 Å². The van der Waals surface area contributed by atoms with Gasteiger partial charge in [0, 0.05) is 19.2 Å². The Bertz CT molecular complexity index is 661. The Morgan fingerprint density at radius 1 is 1.25 bits per heavy atom. The van der Waals surface area contributed by atoms with Gasteiger partial charge in [0.2, 0.25) is 17.7 Å². The number of nitrogens with zero attached hydrogens (tertiary/aromatic N) is 3. The van der Waals surface area contributed by atoms with E-state index in [1.807, 2.05) is 20.8 Å². The van der Waals surface area contributed by atoms with Crippen LogP contribution < -0.4 is 10.1 Å². The summed E-state index contributed by atoms with van der Waals surface area (Å²) in [7, 11) is 0. The normalized spacial score (nSPS) is 11.3. The Labute approximate surface area is 140 Å². The van der Waals surface area contributed by atoms with Crippen LogP contribution in [0.1, 0.15) is 42.9 Å². The average Bonchev–Trinajstić information content (AvgIpc) is 2.94. The van der Waals surface area contributed by atoms with Crippen LogP contribution in [0.5, 0.6) is 5.88 Å². The zero-order chi connectivity index (χ0) is 17.6. The Hall–Kier alpha value is -2.48. The van der Waals surface area contributed by atoms with Gasteiger partial charge in [-0.1, -0.05) is 0 Å². The van der Waals surface area contributed by atoms with Crippen molar-refractivity contribution in [2.45, 2.75) is 39.8 Å². The number of aromatic nitrogens is 3. The number of ether oxygens (including phenoxy) is 2. The number of aryl methyl sites for hydroxylation is 1. The summed E-state index contributed by atoms with van der Waals surface area (Å²) in [4.78, 5) is 16.1. The largest absolute Gasteiger partial charge is 0.475 e. The highest BCUT2D eigenvalue weighted by Crippen LogP contribution is 2.09. The zero-order valence-electron chi connectivity index (χ0n) is 14.3. The number of rotatable bonds is 7. The minimum Gasteiger partial charge on any atom is -0.475 e. The van der Waals surface area contributed by atoms with Crippen molar-refractivity contribution >= 4 is 5.91 Å². The highest BCUT2D eigenvalue weighted by atomic mass is 16.5. The number of hydrogen-bond donors (Lipinski definition) is 1. The summed E-state index contributed by atoms with van der Waals surface area (Å²) in [5.41, 5.74) is 0.222. The van der Waals surface area contributed by atoms with E-state index in [1.54, 1.807) is 19.1 Å². The molecule has 8 nitrogen and oxygen atoms in total. The van der Waals surface area contributed by atoms with Crippen molar-refractivity contribution in [2.24, 2.45) is 0 Å². The minimum absolute atomic E-state index is 0.169. The first-order valence-corrected chi connectivity index (χ1v) is 7.63. The topological polar surface area (TPSA) is 99.4 Å². The minimum atomic E-state index is -0.277. The van der Waals surface area contributed by atoms with Crippen LogP contribution in [0.2, 0.25) is 0 Å². The van der Waals surface area contributed by atoms with Crippen molar-refractivity contribution in [1.29, 1.82) is 0 Å². The van der Waals surface area contributed by atoms with Gasteiger partial charge in [0.1, 0.15) is 6.61 Å². The van der Waals surface area contributed by atoms with Crippen LogP contribution in [0.15, 0.2) is 22.7 Å². The molecule has 0 aliphatic carbocycles. The Balaban J connectivity index is 1.77. The summed E-state index contributed by atoms with van der Waals surface area (Å²) in [6.45, 7) is 8.66. The molecule has 2 heterocycles. The maximum Gasteiger partial charge on any atom is 0.253 e. The van der Waals surface area contributed by atoms with E-state index in [-0.39, 0.29) is 18.1 Å². The van der Waals surface area contributed by atoms with E-state index in [0.29, 0.717) is 36.4 Å². The summed E-state index contributed by atoms with van der Waals surface area (Å²) in [5, 5.41) is 10.2. The van der Waals surface area contributed by atoms with Crippen LogP contribution in [0.3, 0.4) is 0 Å². The second-order valence-electron chi connectivity index (χ2n) is 6.09. The molecule has 1 amide bonds. The number of amides is 1. The van der Waals surface area contributed by atoms with Gasteiger partial charge in [-0.15, -0.1) is 10.2 Å². The van der Waals surface area contributed by atoms with Gasteiger partial charge in [-0.3, -0.25) is 4.79 Å². The van der Waals surface area contributed by atoms with Crippen molar-refractivity contribution in [3.05, 3.63) is 35.7 Å². The van der Waals surface area contributed by atoms with Crippen LogP contribution in [-0.4, -0.2) is 39.9 Å². The van der Waals surface area contributed by atoms with E-state index in [9.17, 15) is 4.79 Å². The van der Waals surface area contributed by atoms with Crippen molar-refractivity contribution in [1.82, 2.24) is 20.5 Å². The van der Waals surface area contributed by atoms with Gasteiger partial charge in [-0.2, -0.15) is 0 Å². The Morgan fingerprint density at radius 3 is 2.62 bits per heavy atom. The summed E-state index contributed by atoms with van der Waals surface area (Å²) in [6.07, 6.45) is 1.45. The molecule has 0 saturated carbocycles. The van der Waals surface area contributed by atoms with E-state index in [4.69, 9.17) is 13.9 Å². The first-order chi connectivity index (χ1) is 11.3. The molecule has 0 unspecified atom stereocenters. The fourth-order valence-corrected chi connectivity index (χ4v) is 1.76. The highest BCUT2D eigenvalue weighted by molar-refractivity contribution is 5.93. The lowest BCUT2D eigenvalue weighted by molar-refractivity contribution is -0.0168. The fraction of sp³-hybridized carbons (Fsp3) is 0.500. The first-order valence-electron chi connectivity index (χ1n) is 7.63. The summed E-state index contributed by atoms with van der Waals surface area (Å²) in [5.74, 6) is 0.975. The van der Waals surface area contributed by atoms with Crippen LogP contribution in [0.25, 0.3) is 0 Å². The second kappa shape index (κ2) is 7.87. The molecular weight excluding hydrogens is 312 g/mol. The predicted molar refractivity (Wildman–Crippen MR) is 85.6 cm³/mol. The van der Waals surface area contributed by atoms with E-state index in [2.05, 4.69) is 20.5 Å².